The average molecular weight is 499 g/mol. The highest BCUT2D eigenvalue weighted by Gasteiger charge is 2.31. The van der Waals surface area contributed by atoms with Crippen LogP contribution in [0.3, 0.4) is 0 Å². The minimum absolute atomic E-state index is 0.0544. The van der Waals surface area contributed by atoms with Crippen molar-refractivity contribution >= 4 is 33.4 Å². The minimum Gasteiger partial charge on any atom is -0.340 e. The number of rotatable bonds is 5. The van der Waals surface area contributed by atoms with E-state index in [4.69, 9.17) is 0 Å². The predicted molar refractivity (Wildman–Crippen MR) is 131 cm³/mol. The van der Waals surface area contributed by atoms with Gasteiger partial charge in [-0.3, -0.25) is 14.4 Å². The van der Waals surface area contributed by atoms with Gasteiger partial charge in [0.05, 0.1) is 4.90 Å². The van der Waals surface area contributed by atoms with Crippen LogP contribution in [0.5, 0.6) is 0 Å². The first-order valence-electron chi connectivity index (χ1n) is 11.8. The Balaban J connectivity index is 1.37. The van der Waals surface area contributed by atoms with Crippen LogP contribution in [0.1, 0.15) is 30.1 Å². The van der Waals surface area contributed by atoms with Gasteiger partial charge in [0.1, 0.15) is 0 Å². The molecule has 10 heteroatoms. The van der Waals surface area contributed by atoms with E-state index in [2.05, 4.69) is 5.32 Å². The number of piperazine rings is 1. The summed E-state index contributed by atoms with van der Waals surface area (Å²) in [7, 11) is -3.78. The summed E-state index contributed by atoms with van der Waals surface area (Å²) in [5.41, 5.74) is 1.05. The fourth-order valence-corrected chi connectivity index (χ4v) is 5.94. The number of para-hydroxylation sites is 1. The van der Waals surface area contributed by atoms with E-state index < -0.39 is 10.0 Å². The third kappa shape index (κ3) is 5.71. The number of carbonyl (C=O) groups excluding carboxylic acids is 3. The number of piperidine rings is 1. The number of nitrogens with zero attached hydrogens (tertiary/aromatic N) is 3. The van der Waals surface area contributed by atoms with Gasteiger partial charge in [0.2, 0.25) is 21.8 Å². The number of sulfonamides is 1. The van der Waals surface area contributed by atoms with E-state index in [-0.39, 0.29) is 41.6 Å². The lowest BCUT2D eigenvalue weighted by Gasteiger charge is -2.33. The number of hydrogen-bond donors (Lipinski definition) is 1. The SMILES string of the molecule is CC(=O)N1CCN(S(=O)(=O)c2cccc(C(=O)N3CCC(C(=O)Nc4ccccc4)CC3)c2)CC1. The number of anilines is 1. The largest absolute Gasteiger partial charge is 0.340 e. The van der Waals surface area contributed by atoms with Crippen LogP contribution >= 0.6 is 0 Å². The molecule has 2 aromatic carbocycles. The first kappa shape index (κ1) is 24.9. The Morgan fingerprint density at radius 1 is 0.829 bits per heavy atom. The molecule has 2 heterocycles. The van der Waals surface area contributed by atoms with Crippen molar-refractivity contribution in [1.29, 1.82) is 0 Å². The van der Waals surface area contributed by atoms with Gasteiger partial charge >= 0.3 is 0 Å². The van der Waals surface area contributed by atoms with E-state index in [1.165, 1.54) is 23.4 Å². The molecule has 9 nitrogen and oxygen atoms in total. The third-order valence-electron chi connectivity index (χ3n) is 6.60. The number of likely N-dealkylation sites (tertiary alicyclic amines) is 1. The highest BCUT2D eigenvalue weighted by Crippen LogP contribution is 2.23. The van der Waals surface area contributed by atoms with E-state index in [1.54, 1.807) is 21.9 Å². The van der Waals surface area contributed by atoms with E-state index in [9.17, 15) is 22.8 Å². The maximum Gasteiger partial charge on any atom is 0.253 e. The standard InChI is InChI=1S/C25H30N4O5S/c1-19(30)27-14-16-29(17-15-27)35(33,34)23-9-5-6-21(18-23)25(32)28-12-10-20(11-13-28)24(31)26-22-7-3-2-4-8-22/h2-9,18,20H,10-17H2,1H3,(H,26,31). The summed E-state index contributed by atoms with van der Waals surface area (Å²) in [6, 6.07) is 15.4. The maximum absolute atomic E-state index is 13.1. The van der Waals surface area contributed by atoms with Gasteiger partial charge in [0, 0.05) is 63.4 Å². The maximum atomic E-state index is 13.1. The van der Waals surface area contributed by atoms with Crippen LogP contribution in [0.15, 0.2) is 59.5 Å². The highest BCUT2D eigenvalue weighted by atomic mass is 32.2. The normalized spacial score (nSPS) is 17.7. The molecule has 0 saturated carbocycles. The second kappa shape index (κ2) is 10.6. The van der Waals surface area contributed by atoms with Gasteiger partial charge in [0.15, 0.2) is 0 Å². The highest BCUT2D eigenvalue weighted by molar-refractivity contribution is 7.89. The molecular formula is C25H30N4O5S. The Morgan fingerprint density at radius 3 is 2.11 bits per heavy atom. The van der Waals surface area contributed by atoms with Crippen molar-refractivity contribution in [2.24, 2.45) is 5.92 Å². The number of amides is 3. The van der Waals surface area contributed by atoms with Crippen molar-refractivity contribution in [1.82, 2.24) is 14.1 Å². The van der Waals surface area contributed by atoms with Gasteiger partial charge in [-0.25, -0.2) is 8.42 Å². The van der Waals surface area contributed by atoms with Gasteiger partial charge in [-0.1, -0.05) is 24.3 Å². The van der Waals surface area contributed by atoms with E-state index in [0.717, 1.165) is 5.69 Å². The summed E-state index contributed by atoms with van der Waals surface area (Å²) in [6.07, 6.45) is 1.09. The first-order valence-corrected chi connectivity index (χ1v) is 13.2. The molecule has 186 valence electrons. The molecule has 2 saturated heterocycles. The molecule has 0 unspecified atom stereocenters. The van der Waals surface area contributed by atoms with E-state index in [0.29, 0.717) is 44.6 Å². The molecule has 3 amide bonds. The average Bonchev–Trinajstić information content (AvgIpc) is 2.89. The molecule has 35 heavy (non-hydrogen) atoms. The quantitative estimate of drug-likeness (QED) is 0.679. The zero-order valence-electron chi connectivity index (χ0n) is 19.7. The zero-order chi connectivity index (χ0) is 25.0. The van der Waals surface area contributed by atoms with Crippen LogP contribution in [-0.4, -0.2) is 79.5 Å². The molecule has 0 spiro atoms. The molecule has 2 fully saturated rings. The topological polar surface area (TPSA) is 107 Å². The molecule has 2 aliphatic heterocycles. The van der Waals surface area contributed by atoms with Crippen LogP contribution in [0.25, 0.3) is 0 Å². The Hall–Kier alpha value is -3.24. The van der Waals surface area contributed by atoms with Crippen molar-refractivity contribution in [2.45, 2.75) is 24.7 Å². The number of carbonyl (C=O) groups is 3. The second-order valence-corrected chi connectivity index (χ2v) is 10.8. The number of hydrogen-bond acceptors (Lipinski definition) is 5. The summed E-state index contributed by atoms with van der Waals surface area (Å²) in [5.74, 6) is -0.553. The molecule has 2 aliphatic rings. The predicted octanol–water partition coefficient (Wildman–Crippen LogP) is 2.03. The van der Waals surface area contributed by atoms with E-state index >= 15 is 0 Å². The molecule has 0 radical (unpaired) electrons. The molecule has 0 aromatic heterocycles. The Labute approximate surface area is 205 Å². The molecule has 0 aliphatic carbocycles. The molecule has 0 atom stereocenters. The number of benzene rings is 2. The number of nitrogens with one attached hydrogen (secondary N) is 1. The Bertz CT molecular complexity index is 1190. The van der Waals surface area contributed by atoms with Gasteiger partial charge in [-0.05, 0) is 43.2 Å². The zero-order valence-corrected chi connectivity index (χ0v) is 20.5. The monoisotopic (exact) mass is 498 g/mol. The second-order valence-electron chi connectivity index (χ2n) is 8.86. The molecule has 1 N–H and O–H groups in total. The van der Waals surface area contributed by atoms with Gasteiger partial charge in [-0.15, -0.1) is 0 Å². The lowest BCUT2D eigenvalue weighted by atomic mass is 9.95. The Kier molecular flexibility index (Phi) is 7.51. The third-order valence-corrected chi connectivity index (χ3v) is 8.49. The van der Waals surface area contributed by atoms with E-state index in [1.807, 2.05) is 30.3 Å². The van der Waals surface area contributed by atoms with Crippen molar-refractivity contribution in [3.8, 4) is 0 Å². The minimum atomic E-state index is -3.78. The first-order chi connectivity index (χ1) is 16.8. The van der Waals surface area contributed by atoms with Crippen LogP contribution in [0.4, 0.5) is 5.69 Å². The smallest absolute Gasteiger partial charge is 0.253 e. The van der Waals surface area contributed by atoms with Crippen molar-refractivity contribution in [3.05, 3.63) is 60.2 Å². The fraction of sp³-hybridized carbons (Fsp3) is 0.400. The lowest BCUT2D eigenvalue weighted by Crippen LogP contribution is -2.49. The van der Waals surface area contributed by atoms with Crippen LogP contribution in [0, 0.1) is 5.92 Å². The fourth-order valence-electron chi connectivity index (χ4n) is 4.48. The summed E-state index contributed by atoms with van der Waals surface area (Å²) in [6.45, 7) is 3.46. The summed E-state index contributed by atoms with van der Waals surface area (Å²) in [5, 5.41) is 2.92. The van der Waals surface area contributed by atoms with Crippen molar-refractivity contribution in [2.75, 3.05) is 44.6 Å². The molecular weight excluding hydrogens is 468 g/mol. The van der Waals surface area contributed by atoms with Crippen LogP contribution in [0.2, 0.25) is 0 Å². The summed E-state index contributed by atoms with van der Waals surface area (Å²) in [4.78, 5) is 40.6. The molecule has 2 aromatic rings. The van der Waals surface area contributed by atoms with Gasteiger partial charge in [0.25, 0.3) is 5.91 Å². The molecule has 0 bridgehead atoms. The Morgan fingerprint density at radius 2 is 1.49 bits per heavy atom. The van der Waals surface area contributed by atoms with Crippen molar-refractivity contribution < 1.29 is 22.8 Å². The van der Waals surface area contributed by atoms with Crippen LogP contribution < -0.4 is 5.32 Å². The molecule has 4 rings (SSSR count). The summed E-state index contributed by atoms with van der Waals surface area (Å²) >= 11 is 0. The van der Waals surface area contributed by atoms with Gasteiger partial charge < -0.3 is 15.1 Å². The summed E-state index contributed by atoms with van der Waals surface area (Å²) < 4.78 is 27.6. The van der Waals surface area contributed by atoms with Crippen molar-refractivity contribution in [3.63, 3.8) is 0 Å². The lowest BCUT2D eigenvalue weighted by molar-refractivity contribution is -0.130. The van der Waals surface area contributed by atoms with Crippen LogP contribution in [-0.2, 0) is 19.6 Å². The van der Waals surface area contributed by atoms with Gasteiger partial charge in [-0.2, -0.15) is 4.31 Å².